The first-order chi connectivity index (χ1) is 7.18. The van der Waals surface area contributed by atoms with E-state index in [2.05, 4.69) is 18.7 Å². The molecule has 0 saturated carbocycles. The summed E-state index contributed by atoms with van der Waals surface area (Å²) in [6.45, 7) is 8.36. The van der Waals surface area contributed by atoms with E-state index in [9.17, 15) is 0 Å². The van der Waals surface area contributed by atoms with Crippen LogP contribution < -0.4 is 5.73 Å². The second kappa shape index (κ2) is 5.83. The lowest BCUT2D eigenvalue weighted by atomic mass is 9.89. The summed E-state index contributed by atoms with van der Waals surface area (Å²) in [6, 6.07) is 0. The van der Waals surface area contributed by atoms with Gasteiger partial charge in [0, 0.05) is 13.7 Å². The van der Waals surface area contributed by atoms with Crippen LogP contribution in [-0.2, 0) is 4.74 Å². The van der Waals surface area contributed by atoms with Crippen molar-refractivity contribution in [2.75, 3.05) is 33.4 Å². The molecule has 3 heteroatoms. The molecule has 1 atom stereocenters. The number of hydrogen-bond donors (Lipinski definition) is 1. The zero-order chi connectivity index (χ0) is 11.3. The van der Waals surface area contributed by atoms with Gasteiger partial charge in [0.25, 0.3) is 0 Å². The molecule has 1 heterocycles. The maximum absolute atomic E-state index is 5.95. The highest BCUT2D eigenvalue weighted by molar-refractivity contribution is 4.92. The largest absolute Gasteiger partial charge is 0.383 e. The average molecular weight is 214 g/mol. The van der Waals surface area contributed by atoms with Crippen LogP contribution in [0, 0.1) is 5.92 Å². The number of rotatable bonds is 5. The van der Waals surface area contributed by atoms with Gasteiger partial charge in [-0.1, -0.05) is 13.8 Å². The van der Waals surface area contributed by atoms with E-state index in [4.69, 9.17) is 10.5 Å². The van der Waals surface area contributed by atoms with Gasteiger partial charge >= 0.3 is 0 Å². The van der Waals surface area contributed by atoms with E-state index in [1.54, 1.807) is 7.11 Å². The quantitative estimate of drug-likeness (QED) is 0.753. The van der Waals surface area contributed by atoms with Crippen LogP contribution in [0.25, 0.3) is 0 Å². The van der Waals surface area contributed by atoms with Crippen LogP contribution in [0.3, 0.4) is 0 Å². The number of piperidine rings is 1. The Morgan fingerprint density at radius 1 is 1.40 bits per heavy atom. The second-order valence-electron chi connectivity index (χ2n) is 4.88. The lowest BCUT2D eigenvalue weighted by Gasteiger charge is -2.45. The van der Waals surface area contributed by atoms with Gasteiger partial charge in [0.2, 0.25) is 0 Å². The fourth-order valence-electron chi connectivity index (χ4n) is 2.50. The summed E-state index contributed by atoms with van der Waals surface area (Å²) in [6.07, 6.45) is 3.67. The van der Waals surface area contributed by atoms with Crippen molar-refractivity contribution in [3.8, 4) is 0 Å². The van der Waals surface area contributed by atoms with Crippen molar-refractivity contribution in [2.24, 2.45) is 11.7 Å². The third-order valence-electron chi connectivity index (χ3n) is 3.91. The second-order valence-corrected chi connectivity index (χ2v) is 4.88. The number of nitrogens with zero attached hydrogens (tertiary/aromatic N) is 1. The van der Waals surface area contributed by atoms with Crippen molar-refractivity contribution < 1.29 is 4.74 Å². The van der Waals surface area contributed by atoms with E-state index in [-0.39, 0.29) is 5.54 Å². The minimum atomic E-state index is 0.0783. The van der Waals surface area contributed by atoms with Gasteiger partial charge in [0.05, 0.1) is 12.1 Å². The van der Waals surface area contributed by atoms with Gasteiger partial charge < -0.3 is 10.5 Å². The highest BCUT2D eigenvalue weighted by Crippen LogP contribution is 2.26. The summed E-state index contributed by atoms with van der Waals surface area (Å²) in [5, 5.41) is 0. The average Bonchev–Trinajstić information content (AvgIpc) is 2.27. The summed E-state index contributed by atoms with van der Waals surface area (Å²) in [5.41, 5.74) is 6.03. The molecule has 0 aromatic carbocycles. The summed E-state index contributed by atoms with van der Waals surface area (Å²) < 4.78 is 5.35. The standard InChI is InChI=1S/C12H26N2O/c1-4-12(9-13,10-15-3)14-7-5-11(2)6-8-14/h11H,4-10,13H2,1-3H3. The molecular weight excluding hydrogens is 188 g/mol. The van der Waals surface area contributed by atoms with Crippen LogP contribution in [0.1, 0.15) is 33.1 Å². The Hall–Kier alpha value is -0.120. The van der Waals surface area contributed by atoms with Gasteiger partial charge in [-0.15, -0.1) is 0 Å². The summed E-state index contributed by atoms with van der Waals surface area (Å²) in [4.78, 5) is 2.54. The number of likely N-dealkylation sites (tertiary alicyclic amines) is 1. The lowest BCUT2D eigenvalue weighted by Crippen LogP contribution is -2.58. The molecule has 1 rings (SSSR count). The molecule has 15 heavy (non-hydrogen) atoms. The molecule has 1 unspecified atom stereocenters. The molecule has 0 aromatic heterocycles. The normalized spacial score (nSPS) is 24.0. The van der Waals surface area contributed by atoms with Gasteiger partial charge in [-0.25, -0.2) is 0 Å². The first-order valence-electron chi connectivity index (χ1n) is 6.12. The van der Waals surface area contributed by atoms with E-state index in [0.717, 1.165) is 18.9 Å². The topological polar surface area (TPSA) is 38.5 Å². The van der Waals surface area contributed by atoms with Crippen LogP contribution in [0.4, 0.5) is 0 Å². The molecule has 2 N–H and O–H groups in total. The smallest absolute Gasteiger partial charge is 0.0658 e. The van der Waals surface area contributed by atoms with Crippen molar-refractivity contribution >= 4 is 0 Å². The minimum absolute atomic E-state index is 0.0783. The van der Waals surface area contributed by atoms with Crippen molar-refractivity contribution in [3.05, 3.63) is 0 Å². The molecule has 0 radical (unpaired) electrons. The zero-order valence-corrected chi connectivity index (χ0v) is 10.5. The van der Waals surface area contributed by atoms with Gasteiger partial charge in [0.1, 0.15) is 0 Å². The van der Waals surface area contributed by atoms with E-state index in [1.165, 1.54) is 25.9 Å². The highest BCUT2D eigenvalue weighted by atomic mass is 16.5. The Morgan fingerprint density at radius 3 is 2.40 bits per heavy atom. The Morgan fingerprint density at radius 2 is 2.00 bits per heavy atom. The minimum Gasteiger partial charge on any atom is -0.383 e. The summed E-state index contributed by atoms with van der Waals surface area (Å²) >= 11 is 0. The number of nitrogens with two attached hydrogens (primary N) is 1. The van der Waals surface area contributed by atoms with Crippen molar-refractivity contribution in [1.29, 1.82) is 0 Å². The zero-order valence-electron chi connectivity index (χ0n) is 10.5. The van der Waals surface area contributed by atoms with Crippen LogP contribution in [0.2, 0.25) is 0 Å². The monoisotopic (exact) mass is 214 g/mol. The van der Waals surface area contributed by atoms with E-state index in [1.807, 2.05) is 0 Å². The Labute approximate surface area is 94.0 Å². The number of ether oxygens (including phenoxy) is 1. The molecular formula is C12H26N2O. The Balaban J connectivity index is 2.62. The SMILES string of the molecule is CCC(CN)(COC)N1CCC(C)CC1. The number of hydrogen-bond acceptors (Lipinski definition) is 3. The molecule has 1 fully saturated rings. The molecule has 1 saturated heterocycles. The predicted molar refractivity (Wildman–Crippen MR) is 63.9 cm³/mol. The molecule has 0 aromatic rings. The lowest BCUT2D eigenvalue weighted by molar-refractivity contribution is -0.00613. The Bertz CT molecular complexity index is 172. The maximum Gasteiger partial charge on any atom is 0.0658 e. The van der Waals surface area contributed by atoms with Crippen LogP contribution in [0.5, 0.6) is 0 Å². The fraction of sp³-hybridized carbons (Fsp3) is 1.00. The van der Waals surface area contributed by atoms with Crippen molar-refractivity contribution in [3.63, 3.8) is 0 Å². The van der Waals surface area contributed by atoms with Crippen molar-refractivity contribution in [2.45, 2.75) is 38.6 Å². The molecule has 1 aliphatic heterocycles. The maximum atomic E-state index is 5.95. The molecule has 0 spiro atoms. The van der Waals surface area contributed by atoms with Crippen molar-refractivity contribution in [1.82, 2.24) is 4.90 Å². The van der Waals surface area contributed by atoms with E-state index >= 15 is 0 Å². The third kappa shape index (κ3) is 2.92. The summed E-state index contributed by atoms with van der Waals surface area (Å²) in [7, 11) is 1.77. The third-order valence-corrected chi connectivity index (χ3v) is 3.91. The van der Waals surface area contributed by atoms with Crippen LogP contribution >= 0.6 is 0 Å². The molecule has 1 aliphatic rings. The fourth-order valence-corrected chi connectivity index (χ4v) is 2.50. The van der Waals surface area contributed by atoms with Crippen LogP contribution in [0.15, 0.2) is 0 Å². The highest BCUT2D eigenvalue weighted by Gasteiger charge is 2.35. The van der Waals surface area contributed by atoms with E-state index < -0.39 is 0 Å². The molecule has 0 bridgehead atoms. The molecule has 0 amide bonds. The van der Waals surface area contributed by atoms with E-state index in [0.29, 0.717) is 6.54 Å². The van der Waals surface area contributed by atoms with Gasteiger partial charge in [0.15, 0.2) is 0 Å². The summed E-state index contributed by atoms with van der Waals surface area (Å²) in [5.74, 6) is 0.871. The first-order valence-corrected chi connectivity index (χ1v) is 6.12. The Kier molecular flexibility index (Phi) is 5.03. The van der Waals surface area contributed by atoms with Crippen LogP contribution in [-0.4, -0.2) is 43.8 Å². The molecule has 3 nitrogen and oxygen atoms in total. The van der Waals surface area contributed by atoms with Gasteiger partial charge in [-0.2, -0.15) is 0 Å². The predicted octanol–water partition coefficient (Wildman–Crippen LogP) is 1.47. The first kappa shape index (κ1) is 12.9. The van der Waals surface area contributed by atoms with Gasteiger partial charge in [-0.05, 0) is 38.3 Å². The van der Waals surface area contributed by atoms with Gasteiger partial charge in [-0.3, -0.25) is 4.90 Å². The molecule has 0 aliphatic carbocycles. The molecule has 90 valence electrons. The number of methoxy groups -OCH3 is 1.